The molecule has 0 radical (unpaired) electrons. The predicted octanol–water partition coefficient (Wildman–Crippen LogP) is 2.08. The number of carbonyl (C=O) groups is 1. The molecule has 1 unspecified atom stereocenters. The first kappa shape index (κ1) is 15.0. The average Bonchev–Trinajstić information content (AvgIpc) is 2.28. The molecule has 1 aromatic carbocycles. The van der Waals surface area contributed by atoms with E-state index in [0.29, 0.717) is 10.2 Å². The van der Waals surface area contributed by atoms with Crippen LogP contribution in [0.4, 0.5) is 5.69 Å². The van der Waals surface area contributed by atoms with Crippen LogP contribution in [0.2, 0.25) is 0 Å². The number of hydrogen-bond donors (Lipinski definition) is 1. The number of halogens is 1. The van der Waals surface area contributed by atoms with Crippen molar-refractivity contribution in [1.29, 1.82) is 0 Å². The van der Waals surface area contributed by atoms with Gasteiger partial charge < -0.3 is 5.11 Å². The molecular weight excluding hydrogens is 322 g/mol. The topological polar surface area (TPSA) is 74.7 Å². The Morgan fingerprint density at radius 3 is 2.56 bits per heavy atom. The number of rotatable bonds is 5. The maximum Gasteiger partial charge on any atom is 0.327 e. The molecule has 1 aromatic rings. The Hall–Kier alpha value is -1.08. The number of anilines is 1. The number of benzene rings is 1. The highest BCUT2D eigenvalue weighted by Gasteiger charge is 2.30. The van der Waals surface area contributed by atoms with E-state index in [0.717, 1.165) is 4.31 Å². The largest absolute Gasteiger partial charge is 0.480 e. The van der Waals surface area contributed by atoms with E-state index >= 15 is 0 Å². The molecule has 0 heterocycles. The number of carboxylic acid groups (broad SMARTS) is 1. The van der Waals surface area contributed by atoms with Crippen LogP contribution >= 0.6 is 15.9 Å². The van der Waals surface area contributed by atoms with Gasteiger partial charge in [0.2, 0.25) is 10.0 Å². The van der Waals surface area contributed by atoms with Gasteiger partial charge in [-0.25, -0.2) is 13.2 Å². The van der Waals surface area contributed by atoms with Gasteiger partial charge in [-0.1, -0.05) is 22.0 Å². The number of hydrogen-bond acceptors (Lipinski definition) is 3. The van der Waals surface area contributed by atoms with Crippen LogP contribution < -0.4 is 4.31 Å². The van der Waals surface area contributed by atoms with E-state index in [1.54, 1.807) is 24.3 Å². The Balaban J connectivity index is 3.34. The number of carboxylic acids is 1. The van der Waals surface area contributed by atoms with Gasteiger partial charge in [-0.2, -0.15) is 0 Å². The van der Waals surface area contributed by atoms with Crippen LogP contribution in [0.3, 0.4) is 0 Å². The Labute approximate surface area is 115 Å². The fraction of sp³-hybridized carbons (Fsp3) is 0.364. The molecule has 0 amide bonds. The molecule has 0 aliphatic carbocycles. The summed E-state index contributed by atoms with van der Waals surface area (Å²) in [6.45, 7) is 2.82. The van der Waals surface area contributed by atoms with E-state index < -0.39 is 22.0 Å². The SMILES string of the molecule is CCS(=O)(=O)N(c1cccc(Br)c1)C(C)C(=O)O. The third-order valence-electron chi connectivity index (χ3n) is 2.44. The minimum atomic E-state index is -3.64. The monoisotopic (exact) mass is 335 g/mol. The van der Waals surface area contributed by atoms with Gasteiger partial charge in [0.15, 0.2) is 0 Å². The van der Waals surface area contributed by atoms with Crippen LogP contribution in [-0.2, 0) is 14.8 Å². The molecule has 0 aliphatic rings. The van der Waals surface area contributed by atoms with Crippen LogP contribution in [0.25, 0.3) is 0 Å². The first-order valence-corrected chi connectivity index (χ1v) is 7.70. The van der Waals surface area contributed by atoms with Crippen molar-refractivity contribution in [2.75, 3.05) is 10.1 Å². The Kier molecular flexibility index (Phi) is 4.75. The smallest absolute Gasteiger partial charge is 0.327 e. The predicted molar refractivity (Wildman–Crippen MR) is 73.2 cm³/mol. The van der Waals surface area contributed by atoms with Crippen molar-refractivity contribution < 1.29 is 18.3 Å². The molecule has 0 saturated carbocycles. The summed E-state index contributed by atoms with van der Waals surface area (Å²) >= 11 is 3.24. The van der Waals surface area contributed by atoms with Crippen LogP contribution in [0.5, 0.6) is 0 Å². The van der Waals surface area contributed by atoms with E-state index in [1.807, 2.05) is 0 Å². The lowest BCUT2D eigenvalue weighted by Gasteiger charge is -2.27. The van der Waals surface area contributed by atoms with Crippen LogP contribution in [0, 0.1) is 0 Å². The first-order chi connectivity index (χ1) is 8.29. The van der Waals surface area contributed by atoms with Gasteiger partial charge in [0.25, 0.3) is 0 Å². The summed E-state index contributed by atoms with van der Waals surface area (Å²) in [5.74, 6) is -1.34. The fourth-order valence-corrected chi connectivity index (χ4v) is 3.15. The highest BCUT2D eigenvalue weighted by Crippen LogP contribution is 2.25. The maximum absolute atomic E-state index is 12.0. The zero-order chi connectivity index (χ0) is 13.9. The second-order valence-electron chi connectivity index (χ2n) is 3.69. The second kappa shape index (κ2) is 5.71. The first-order valence-electron chi connectivity index (χ1n) is 5.30. The summed E-state index contributed by atoms with van der Waals surface area (Å²) < 4.78 is 25.6. The summed E-state index contributed by atoms with van der Waals surface area (Å²) in [5, 5.41) is 9.02. The molecule has 18 heavy (non-hydrogen) atoms. The Morgan fingerprint density at radius 2 is 2.11 bits per heavy atom. The number of nitrogens with zero attached hydrogens (tertiary/aromatic N) is 1. The molecular formula is C11H14BrNO4S. The zero-order valence-corrected chi connectivity index (χ0v) is 12.4. The highest BCUT2D eigenvalue weighted by molar-refractivity contribution is 9.10. The molecule has 7 heteroatoms. The number of sulfonamides is 1. The van der Waals surface area contributed by atoms with Crippen LogP contribution in [0.1, 0.15) is 13.8 Å². The minimum Gasteiger partial charge on any atom is -0.480 e. The van der Waals surface area contributed by atoms with Crippen molar-refractivity contribution in [3.8, 4) is 0 Å². The molecule has 1 N–H and O–H groups in total. The van der Waals surface area contributed by atoms with Gasteiger partial charge in [0.1, 0.15) is 6.04 Å². The van der Waals surface area contributed by atoms with E-state index in [9.17, 15) is 13.2 Å². The van der Waals surface area contributed by atoms with Gasteiger partial charge in [-0.05, 0) is 32.0 Å². The Bertz CT molecular complexity index is 544. The third-order valence-corrected chi connectivity index (χ3v) is 4.79. The standard InChI is InChI=1S/C11H14BrNO4S/c1-3-18(16,17)13(8(2)11(14)15)10-6-4-5-9(12)7-10/h4-8H,3H2,1-2H3,(H,14,15). The van der Waals surface area contributed by atoms with Gasteiger partial charge in [-0.3, -0.25) is 4.31 Å². The van der Waals surface area contributed by atoms with E-state index in [1.165, 1.54) is 13.8 Å². The molecule has 0 aromatic heterocycles. The molecule has 5 nitrogen and oxygen atoms in total. The van der Waals surface area contributed by atoms with E-state index in [-0.39, 0.29) is 5.75 Å². The molecule has 100 valence electrons. The lowest BCUT2D eigenvalue weighted by Crippen LogP contribution is -2.44. The maximum atomic E-state index is 12.0. The summed E-state index contributed by atoms with van der Waals surface area (Å²) in [5.41, 5.74) is 0.334. The zero-order valence-electron chi connectivity index (χ0n) is 10.00. The molecule has 1 rings (SSSR count). The second-order valence-corrected chi connectivity index (χ2v) is 6.74. The lowest BCUT2D eigenvalue weighted by molar-refractivity contribution is -0.137. The molecule has 0 spiro atoms. The normalized spacial score (nSPS) is 13.1. The lowest BCUT2D eigenvalue weighted by atomic mass is 10.2. The summed E-state index contributed by atoms with van der Waals surface area (Å²) in [7, 11) is -3.64. The van der Waals surface area contributed by atoms with Gasteiger partial charge in [-0.15, -0.1) is 0 Å². The summed E-state index contributed by atoms with van der Waals surface area (Å²) in [4.78, 5) is 11.0. The van der Waals surface area contributed by atoms with Gasteiger partial charge in [0, 0.05) is 4.47 Å². The molecule has 0 saturated heterocycles. The number of aliphatic carboxylic acids is 1. The van der Waals surface area contributed by atoms with Gasteiger partial charge >= 0.3 is 5.97 Å². The van der Waals surface area contributed by atoms with Crippen LogP contribution in [-0.4, -0.2) is 31.3 Å². The summed E-state index contributed by atoms with van der Waals surface area (Å²) in [6.07, 6.45) is 0. The molecule has 0 fully saturated rings. The third kappa shape index (κ3) is 3.23. The summed E-state index contributed by atoms with van der Waals surface area (Å²) in [6, 6.07) is 5.39. The van der Waals surface area contributed by atoms with Crippen LogP contribution in [0.15, 0.2) is 28.7 Å². The van der Waals surface area contributed by atoms with Gasteiger partial charge in [0.05, 0.1) is 11.4 Å². The highest BCUT2D eigenvalue weighted by atomic mass is 79.9. The van der Waals surface area contributed by atoms with E-state index in [2.05, 4.69) is 15.9 Å². The van der Waals surface area contributed by atoms with Crippen molar-refractivity contribution in [2.24, 2.45) is 0 Å². The van der Waals surface area contributed by atoms with Crippen molar-refractivity contribution in [1.82, 2.24) is 0 Å². The molecule has 1 atom stereocenters. The Morgan fingerprint density at radius 1 is 1.50 bits per heavy atom. The van der Waals surface area contributed by atoms with Crippen molar-refractivity contribution >= 4 is 37.6 Å². The minimum absolute atomic E-state index is 0.156. The average molecular weight is 336 g/mol. The molecule has 0 aliphatic heterocycles. The van der Waals surface area contributed by atoms with Crippen molar-refractivity contribution in [3.63, 3.8) is 0 Å². The van der Waals surface area contributed by atoms with Crippen molar-refractivity contribution in [2.45, 2.75) is 19.9 Å². The quantitative estimate of drug-likeness (QED) is 0.893. The fourth-order valence-electron chi connectivity index (χ4n) is 1.48. The van der Waals surface area contributed by atoms with E-state index in [4.69, 9.17) is 5.11 Å². The van der Waals surface area contributed by atoms with Crippen molar-refractivity contribution in [3.05, 3.63) is 28.7 Å². The molecule has 0 bridgehead atoms.